The van der Waals surface area contributed by atoms with E-state index in [0.717, 1.165) is 23.9 Å². The molecule has 0 spiro atoms. The van der Waals surface area contributed by atoms with Crippen LogP contribution >= 0.6 is 11.8 Å². The summed E-state index contributed by atoms with van der Waals surface area (Å²) in [5.41, 5.74) is -0.0692. The number of nitro groups is 1. The van der Waals surface area contributed by atoms with Crippen LogP contribution in [0.5, 0.6) is 0 Å². The summed E-state index contributed by atoms with van der Waals surface area (Å²) < 4.78 is 13.1. The van der Waals surface area contributed by atoms with Crippen LogP contribution in [0.15, 0.2) is 17.1 Å². The zero-order valence-electron chi connectivity index (χ0n) is 9.60. The molecule has 0 radical (unpaired) electrons. The molecule has 0 amide bonds. The summed E-state index contributed by atoms with van der Waals surface area (Å²) in [6.45, 7) is 1.51. The molecule has 0 bridgehead atoms. The number of rotatable bonds is 2. The van der Waals surface area contributed by atoms with Crippen molar-refractivity contribution in [1.29, 1.82) is 5.26 Å². The first-order chi connectivity index (χ1) is 8.49. The highest BCUT2D eigenvalue weighted by molar-refractivity contribution is 8.13. The Balaban J connectivity index is 3.39. The molecule has 1 aromatic carbocycles. The number of hydrogen-bond donors (Lipinski definition) is 1. The Labute approximate surface area is 107 Å². The van der Waals surface area contributed by atoms with E-state index in [1.807, 2.05) is 0 Å². The van der Waals surface area contributed by atoms with E-state index in [4.69, 9.17) is 5.26 Å². The van der Waals surface area contributed by atoms with Crippen LogP contribution in [0.3, 0.4) is 0 Å². The fourth-order valence-corrected chi connectivity index (χ4v) is 1.61. The Hall–Kier alpha value is -2.14. The lowest BCUT2D eigenvalue weighted by atomic mass is 10.1. The van der Waals surface area contributed by atoms with Gasteiger partial charge in [-0.2, -0.15) is 5.26 Å². The van der Waals surface area contributed by atoms with Gasteiger partial charge in [0.2, 0.25) is 0 Å². The molecule has 0 heterocycles. The van der Waals surface area contributed by atoms with Gasteiger partial charge in [0, 0.05) is 0 Å². The van der Waals surface area contributed by atoms with Gasteiger partial charge < -0.3 is 0 Å². The number of benzene rings is 1. The first-order valence-corrected chi connectivity index (χ1v) is 5.94. The van der Waals surface area contributed by atoms with Crippen molar-refractivity contribution in [2.75, 3.05) is 6.26 Å². The number of amidine groups is 1. The molecule has 0 saturated carbocycles. The molecule has 0 saturated heterocycles. The first kappa shape index (κ1) is 13.9. The second-order valence-electron chi connectivity index (χ2n) is 3.21. The van der Waals surface area contributed by atoms with Crippen molar-refractivity contribution >= 4 is 28.3 Å². The SMILES string of the molecule is CSC(=Nc1c(C)cc(F)cc1[N+](=O)[O-])NC#N. The number of nitrogens with one attached hydrogen (secondary N) is 1. The van der Waals surface area contributed by atoms with E-state index in [1.54, 1.807) is 12.4 Å². The van der Waals surface area contributed by atoms with Gasteiger partial charge in [-0.25, -0.2) is 9.38 Å². The predicted molar refractivity (Wildman–Crippen MR) is 67.2 cm³/mol. The topological polar surface area (TPSA) is 91.3 Å². The number of halogens is 1. The number of nitrogens with zero attached hydrogens (tertiary/aromatic N) is 3. The van der Waals surface area contributed by atoms with Gasteiger partial charge in [0.1, 0.15) is 11.5 Å². The maximum atomic E-state index is 13.1. The van der Waals surface area contributed by atoms with Crippen LogP contribution in [-0.4, -0.2) is 16.3 Å². The molecule has 8 heteroatoms. The maximum absolute atomic E-state index is 13.1. The van der Waals surface area contributed by atoms with Gasteiger partial charge in [-0.1, -0.05) is 11.8 Å². The maximum Gasteiger partial charge on any atom is 0.298 e. The molecule has 0 aliphatic rings. The van der Waals surface area contributed by atoms with Crippen molar-refractivity contribution in [3.63, 3.8) is 0 Å². The zero-order valence-corrected chi connectivity index (χ0v) is 10.4. The fraction of sp³-hybridized carbons (Fsp3) is 0.200. The van der Waals surface area contributed by atoms with Gasteiger partial charge in [-0.15, -0.1) is 0 Å². The highest BCUT2D eigenvalue weighted by Crippen LogP contribution is 2.32. The third-order valence-corrected chi connectivity index (χ3v) is 2.59. The average Bonchev–Trinajstić information content (AvgIpc) is 2.30. The van der Waals surface area contributed by atoms with Crippen molar-refractivity contribution in [2.45, 2.75) is 6.92 Å². The minimum atomic E-state index is -0.709. The van der Waals surface area contributed by atoms with Gasteiger partial charge in [0.25, 0.3) is 5.69 Å². The molecule has 0 unspecified atom stereocenters. The molecule has 0 fully saturated rings. The zero-order chi connectivity index (χ0) is 13.7. The summed E-state index contributed by atoms with van der Waals surface area (Å²) >= 11 is 1.12. The molecule has 0 aliphatic heterocycles. The molecule has 1 rings (SSSR count). The Morgan fingerprint density at radius 1 is 1.67 bits per heavy atom. The van der Waals surface area contributed by atoms with Crippen LogP contribution in [0.4, 0.5) is 15.8 Å². The molecule has 1 aromatic rings. The quantitative estimate of drug-likeness (QED) is 0.222. The summed E-state index contributed by atoms with van der Waals surface area (Å²) in [5, 5.41) is 21.8. The predicted octanol–water partition coefficient (Wildman–Crippen LogP) is 2.46. The van der Waals surface area contributed by atoms with Crippen LogP contribution in [0, 0.1) is 34.3 Å². The largest absolute Gasteiger partial charge is 0.298 e. The minimum Gasteiger partial charge on any atom is -0.271 e. The molecule has 6 nitrogen and oxygen atoms in total. The van der Waals surface area contributed by atoms with Gasteiger partial charge in [0.05, 0.1) is 11.0 Å². The van der Waals surface area contributed by atoms with Crippen LogP contribution in [-0.2, 0) is 0 Å². The Morgan fingerprint density at radius 2 is 2.33 bits per heavy atom. The molecule has 1 N–H and O–H groups in total. The number of thioether (sulfide) groups is 1. The van der Waals surface area contributed by atoms with Crippen LogP contribution in [0.25, 0.3) is 0 Å². The highest BCUT2D eigenvalue weighted by Gasteiger charge is 2.18. The van der Waals surface area contributed by atoms with Crippen molar-refractivity contribution in [3.8, 4) is 6.19 Å². The molecular formula is C10H9FN4O2S. The number of aliphatic imine (C=N–C) groups is 1. The number of hydrogen-bond acceptors (Lipinski definition) is 5. The molecular weight excluding hydrogens is 259 g/mol. The van der Waals surface area contributed by atoms with E-state index in [0.29, 0.717) is 5.56 Å². The lowest BCUT2D eigenvalue weighted by Gasteiger charge is -2.04. The summed E-state index contributed by atoms with van der Waals surface area (Å²) in [4.78, 5) is 14.1. The second-order valence-corrected chi connectivity index (χ2v) is 4.00. The van der Waals surface area contributed by atoms with Crippen molar-refractivity contribution < 1.29 is 9.31 Å². The molecule has 18 heavy (non-hydrogen) atoms. The van der Waals surface area contributed by atoms with Gasteiger partial charge in [-0.3, -0.25) is 15.4 Å². The number of nitriles is 1. The lowest BCUT2D eigenvalue weighted by molar-refractivity contribution is -0.384. The van der Waals surface area contributed by atoms with Gasteiger partial charge >= 0.3 is 0 Å². The highest BCUT2D eigenvalue weighted by atomic mass is 32.2. The van der Waals surface area contributed by atoms with E-state index < -0.39 is 16.4 Å². The third-order valence-electron chi connectivity index (χ3n) is 2.01. The van der Waals surface area contributed by atoms with Crippen LogP contribution in [0.1, 0.15) is 5.56 Å². The molecule has 0 aromatic heterocycles. The third kappa shape index (κ3) is 3.18. The van der Waals surface area contributed by atoms with Crippen molar-refractivity contribution in [2.24, 2.45) is 4.99 Å². The summed E-state index contributed by atoms with van der Waals surface area (Å²) in [6.07, 6.45) is 3.33. The summed E-state index contributed by atoms with van der Waals surface area (Å²) in [7, 11) is 0. The molecule has 94 valence electrons. The van der Waals surface area contributed by atoms with Crippen molar-refractivity contribution in [1.82, 2.24) is 5.32 Å². The normalized spacial score (nSPS) is 10.9. The molecule has 0 aliphatic carbocycles. The number of aryl methyl sites for hydroxylation is 1. The first-order valence-electron chi connectivity index (χ1n) is 4.72. The van der Waals surface area contributed by atoms with E-state index in [9.17, 15) is 14.5 Å². The van der Waals surface area contributed by atoms with E-state index in [1.165, 1.54) is 6.92 Å². The fourth-order valence-electron chi connectivity index (χ4n) is 1.28. The smallest absolute Gasteiger partial charge is 0.271 e. The van der Waals surface area contributed by atoms with Crippen molar-refractivity contribution in [3.05, 3.63) is 33.6 Å². The summed E-state index contributed by atoms with van der Waals surface area (Å²) in [5.74, 6) is -0.697. The monoisotopic (exact) mass is 268 g/mol. The van der Waals surface area contributed by atoms with Gasteiger partial charge in [0.15, 0.2) is 11.4 Å². The van der Waals surface area contributed by atoms with Gasteiger partial charge in [-0.05, 0) is 24.8 Å². The minimum absolute atomic E-state index is 0.0356. The lowest BCUT2D eigenvalue weighted by Crippen LogP contribution is -2.12. The Kier molecular flexibility index (Phi) is 4.62. The van der Waals surface area contributed by atoms with E-state index in [2.05, 4.69) is 10.3 Å². The Morgan fingerprint density at radius 3 is 2.83 bits per heavy atom. The molecule has 0 atom stereocenters. The average molecular weight is 268 g/mol. The van der Waals surface area contributed by atoms with E-state index in [-0.39, 0.29) is 10.9 Å². The standard InChI is InChI=1S/C10H9FN4O2S/c1-6-3-7(11)4-8(15(16)17)9(6)14-10(18-2)13-5-12/h3-4H,1-2H3,(H,13,14). The van der Waals surface area contributed by atoms with Crippen LogP contribution in [0.2, 0.25) is 0 Å². The number of nitro benzene ring substituents is 1. The summed E-state index contributed by atoms with van der Waals surface area (Å²) in [6, 6.07) is 1.95. The Bertz CT molecular complexity index is 554. The second kappa shape index (κ2) is 5.97. The van der Waals surface area contributed by atoms with Crippen LogP contribution < -0.4 is 5.32 Å². The van der Waals surface area contributed by atoms with E-state index >= 15 is 0 Å².